The van der Waals surface area contributed by atoms with E-state index in [1.54, 1.807) is 12.1 Å². The average molecular weight is 239 g/mol. The van der Waals surface area contributed by atoms with Crippen LogP contribution in [-0.2, 0) is 21.2 Å². The van der Waals surface area contributed by atoms with Crippen molar-refractivity contribution in [2.75, 3.05) is 0 Å². The van der Waals surface area contributed by atoms with Crippen molar-refractivity contribution in [3.8, 4) is 0 Å². The Morgan fingerprint density at radius 3 is 2.62 bits per heavy atom. The van der Waals surface area contributed by atoms with Crippen LogP contribution in [0.15, 0.2) is 28.5 Å². The fraction of sp³-hybridized carbons (Fsp3) is 0.100. The summed E-state index contributed by atoms with van der Waals surface area (Å²) >= 11 is 0. The van der Waals surface area contributed by atoms with Crippen molar-refractivity contribution in [1.29, 1.82) is 0 Å². The Hall–Kier alpha value is -1.66. The molecule has 84 valence electrons. The highest BCUT2D eigenvalue weighted by atomic mass is 32.2. The van der Waals surface area contributed by atoms with Gasteiger partial charge in [-0.15, -0.1) is 0 Å². The maximum absolute atomic E-state index is 11.7. The van der Waals surface area contributed by atoms with Gasteiger partial charge < -0.3 is 10.8 Å². The maximum Gasteiger partial charge on any atom is 0.337 e. The fourth-order valence-corrected chi connectivity index (χ4v) is 3.17. The molecule has 3 N–H and O–H groups in total. The zero-order valence-corrected chi connectivity index (χ0v) is 8.99. The minimum Gasteiger partial charge on any atom is -0.478 e. The molecule has 0 aromatic heterocycles. The Morgan fingerprint density at radius 1 is 1.38 bits per heavy atom. The summed E-state index contributed by atoms with van der Waals surface area (Å²) in [6, 6.07) is 4.56. The van der Waals surface area contributed by atoms with Gasteiger partial charge in [-0.2, -0.15) is 0 Å². The highest BCUT2D eigenvalue weighted by Gasteiger charge is 2.32. The van der Waals surface area contributed by atoms with Crippen molar-refractivity contribution >= 4 is 21.4 Å². The molecule has 6 heteroatoms. The number of hydrogen-bond donors (Lipinski definition) is 2. The van der Waals surface area contributed by atoms with Crippen LogP contribution in [0.25, 0.3) is 5.57 Å². The van der Waals surface area contributed by atoms with Crippen molar-refractivity contribution in [1.82, 2.24) is 0 Å². The molecule has 16 heavy (non-hydrogen) atoms. The van der Waals surface area contributed by atoms with Crippen molar-refractivity contribution in [3.63, 3.8) is 0 Å². The molecule has 1 aromatic rings. The summed E-state index contributed by atoms with van der Waals surface area (Å²) in [6.45, 7) is 0.101. The standard InChI is InChI=1S/C10H9NO4S/c11-4-6-2-1-3-8-9(6)7(10(12)13)5-16(8,14)15/h1-3,5H,4,11H2,(H,12,13). The number of benzene rings is 1. The Bertz CT molecular complexity index is 601. The smallest absolute Gasteiger partial charge is 0.337 e. The van der Waals surface area contributed by atoms with E-state index in [-0.39, 0.29) is 22.6 Å². The number of carboxylic acid groups (broad SMARTS) is 1. The van der Waals surface area contributed by atoms with Crippen LogP contribution in [-0.4, -0.2) is 19.5 Å². The molecule has 0 amide bonds. The summed E-state index contributed by atoms with van der Waals surface area (Å²) in [5.41, 5.74) is 5.99. The van der Waals surface area contributed by atoms with Crippen LogP contribution in [0.2, 0.25) is 0 Å². The van der Waals surface area contributed by atoms with Gasteiger partial charge in [0.25, 0.3) is 0 Å². The molecular formula is C10H9NO4S. The summed E-state index contributed by atoms with van der Waals surface area (Å²) < 4.78 is 23.3. The molecule has 0 saturated heterocycles. The number of aliphatic carboxylic acids is 1. The first kappa shape index (κ1) is 10.8. The molecule has 1 aromatic carbocycles. The third-order valence-electron chi connectivity index (χ3n) is 2.41. The molecule has 0 saturated carbocycles. The van der Waals surface area contributed by atoms with Gasteiger partial charge in [-0.3, -0.25) is 0 Å². The van der Waals surface area contributed by atoms with Gasteiger partial charge in [0.15, 0.2) is 0 Å². The van der Waals surface area contributed by atoms with E-state index in [2.05, 4.69) is 0 Å². The molecule has 0 bridgehead atoms. The molecule has 1 aliphatic rings. The Labute approximate surface area is 92.1 Å². The summed E-state index contributed by atoms with van der Waals surface area (Å²) in [7, 11) is -3.63. The lowest BCUT2D eigenvalue weighted by atomic mass is 10.0. The minimum absolute atomic E-state index is 0.0212. The van der Waals surface area contributed by atoms with E-state index in [4.69, 9.17) is 10.8 Å². The third kappa shape index (κ3) is 1.43. The summed E-state index contributed by atoms with van der Waals surface area (Å²) in [5.74, 6) is -1.26. The monoisotopic (exact) mass is 239 g/mol. The molecule has 0 spiro atoms. The number of sulfone groups is 1. The van der Waals surface area contributed by atoms with Gasteiger partial charge in [0.1, 0.15) is 0 Å². The van der Waals surface area contributed by atoms with E-state index in [0.29, 0.717) is 5.56 Å². The van der Waals surface area contributed by atoms with Crippen LogP contribution in [0.3, 0.4) is 0 Å². The second-order valence-corrected chi connectivity index (χ2v) is 5.14. The Balaban J connectivity index is 2.83. The van der Waals surface area contributed by atoms with Gasteiger partial charge >= 0.3 is 5.97 Å². The SMILES string of the molecule is NCc1cccc2c1C(C(=O)O)=CS2(=O)=O. The first-order chi connectivity index (χ1) is 7.47. The molecule has 0 fully saturated rings. The number of rotatable bonds is 2. The van der Waals surface area contributed by atoms with Crippen molar-refractivity contribution < 1.29 is 18.3 Å². The first-order valence-electron chi connectivity index (χ1n) is 4.50. The molecular weight excluding hydrogens is 230 g/mol. The summed E-state index contributed by atoms with van der Waals surface area (Å²) in [6.07, 6.45) is 0. The number of carbonyl (C=O) groups is 1. The Morgan fingerprint density at radius 2 is 2.06 bits per heavy atom. The molecule has 0 unspecified atom stereocenters. The molecule has 0 radical (unpaired) electrons. The van der Waals surface area contributed by atoms with E-state index in [9.17, 15) is 13.2 Å². The predicted molar refractivity (Wildman–Crippen MR) is 57.1 cm³/mol. The maximum atomic E-state index is 11.7. The van der Waals surface area contributed by atoms with Crippen LogP contribution < -0.4 is 5.73 Å². The molecule has 1 heterocycles. The number of nitrogens with two attached hydrogens (primary N) is 1. The van der Waals surface area contributed by atoms with Crippen molar-refractivity contribution in [3.05, 3.63) is 34.7 Å². The van der Waals surface area contributed by atoms with E-state index in [1.165, 1.54) is 6.07 Å². The van der Waals surface area contributed by atoms with Crippen LogP contribution >= 0.6 is 0 Å². The lowest BCUT2D eigenvalue weighted by Crippen LogP contribution is -2.05. The number of carboxylic acids is 1. The van der Waals surface area contributed by atoms with E-state index in [1.807, 2.05) is 0 Å². The van der Waals surface area contributed by atoms with Gasteiger partial charge in [-0.1, -0.05) is 12.1 Å². The van der Waals surface area contributed by atoms with Gasteiger partial charge in [0.05, 0.1) is 15.9 Å². The number of fused-ring (bicyclic) bond motifs is 1. The highest BCUT2D eigenvalue weighted by molar-refractivity contribution is 7.95. The quantitative estimate of drug-likeness (QED) is 0.776. The fourth-order valence-electron chi connectivity index (χ4n) is 1.72. The van der Waals surface area contributed by atoms with Crippen LogP contribution in [0, 0.1) is 0 Å². The normalized spacial score (nSPS) is 16.7. The van der Waals surface area contributed by atoms with Crippen molar-refractivity contribution in [2.24, 2.45) is 5.73 Å². The van der Waals surface area contributed by atoms with Crippen LogP contribution in [0.1, 0.15) is 11.1 Å². The van der Waals surface area contributed by atoms with Crippen LogP contribution in [0.4, 0.5) is 0 Å². The highest BCUT2D eigenvalue weighted by Crippen LogP contribution is 2.35. The zero-order valence-electron chi connectivity index (χ0n) is 8.17. The van der Waals surface area contributed by atoms with Gasteiger partial charge in [-0.05, 0) is 11.6 Å². The van der Waals surface area contributed by atoms with E-state index in [0.717, 1.165) is 5.41 Å². The van der Waals surface area contributed by atoms with Gasteiger partial charge in [0, 0.05) is 12.1 Å². The van der Waals surface area contributed by atoms with Crippen molar-refractivity contribution in [2.45, 2.75) is 11.4 Å². The topological polar surface area (TPSA) is 97.5 Å². The first-order valence-corrected chi connectivity index (χ1v) is 6.04. The molecule has 2 rings (SSSR count). The second-order valence-electron chi connectivity index (χ2n) is 3.38. The van der Waals surface area contributed by atoms with E-state index >= 15 is 0 Å². The second kappa shape index (κ2) is 3.43. The summed E-state index contributed by atoms with van der Waals surface area (Å²) in [5, 5.41) is 9.72. The molecule has 5 nitrogen and oxygen atoms in total. The average Bonchev–Trinajstić information content (AvgIpc) is 2.51. The lowest BCUT2D eigenvalue weighted by Gasteiger charge is -2.06. The predicted octanol–water partition coefficient (Wildman–Crippen LogP) is 0.358. The molecule has 0 atom stereocenters. The largest absolute Gasteiger partial charge is 0.478 e. The van der Waals surface area contributed by atoms with Gasteiger partial charge in [-0.25, -0.2) is 13.2 Å². The zero-order chi connectivity index (χ0) is 11.9. The lowest BCUT2D eigenvalue weighted by molar-refractivity contribution is -0.130. The minimum atomic E-state index is -3.63. The molecule has 0 aliphatic carbocycles. The van der Waals surface area contributed by atoms with Crippen LogP contribution in [0.5, 0.6) is 0 Å². The summed E-state index contributed by atoms with van der Waals surface area (Å²) in [4.78, 5) is 11.0. The van der Waals surface area contributed by atoms with E-state index < -0.39 is 15.8 Å². The number of hydrogen-bond acceptors (Lipinski definition) is 4. The van der Waals surface area contributed by atoms with Gasteiger partial charge in [0.2, 0.25) is 9.84 Å². The third-order valence-corrected chi connectivity index (χ3v) is 3.91. The Kier molecular flexibility index (Phi) is 2.32. The molecule has 1 aliphatic heterocycles.